The predicted octanol–water partition coefficient (Wildman–Crippen LogP) is 4.08. The van der Waals surface area contributed by atoms with Crippen LogP contribution in [0, 0.1) is 0 Å². The quantitative estimate of drug-likeness (QED) is 0.721. The van der Waals surface area contributed by atoms with E-state index in [1.165, 1.54) is 10.4 Å². The van der Waals surface area contributed by atoms with Crippen molar-refractivity contribution in [1.29, 1.82) is 0 Å². The van der Waals surface area contributed by atoms with E-state index in [0.717, 1.165) is 28.2 Å². The largest absolute Gasteiger partial charge is 0.351 e. The molecule has 1 amide bonds. The first-order valence-electron chi connectivity index (χ1n) is 6.85. The Hall–Kier alpha value is -1.78. The summed E-state index contributed by atoms with van der Waals surface area (Å²) in [5.41, 5.74) is 2.83. The monoisotopic (exact) mass is 316 g/mol. The molecule has 3 aromatic rings. The first kappa shape index (κ1) is 12.9. The van der Waals surface area contributed by atoms with Gasteiger partial charge in [-0.15, -0.1) is 11.3 Å². The molecule has 1 aliphatic heterocycles. The Kier molecular flexibility index (Phi) is 3.01. The number of nitrogens with zero attached hydrogens (tertiary/aromatic N) is 1. The molecular weight excluding hydrogens is 304 g/mol. The van der Waals surface area contributed by atoms with Crippen molar-refractivity contribution in [2.75, 3.05) is 6.54 Å². The number of rotatable bonds is 1. The van der Waals surface area contributed by atoms with Gasteiger partial charge in [-0.05, 0) is 30.2 Å². The lowest BCUT2D eigenvalue weighted by Crippen LogP contribution is -2.35. The second kappa shape index (κ2) is 4.90. The van der Waals surface area contributed by atoms with Crippen LogP contribution in [0.2, 0.25) is 4.34 Å². The number of hydrogen-bond acceptors (Lipinski definition) is 2. The Morgan fingerprint density at radius 1 is 1.29 bits per heavy atom. The van der Waals surface area contributed by atoms with Crippen LogP contribution in [0.1, 0.15) is 20.9 Å². The van der Waals surface area contributed by atoms with Crippen LogP contribution in [-0.4, -0.2) is 22.3 Å². The number of para-hydroxylation sites is 1. The lowest BCUT2D eigenvalue weighted by Gasteiger charge is -2.26. The Morgan fingerprint density at radius 3 is 3.00 bits per heavy atom. The van der Waals surface area contributed by atoms with Crippen molar-refractivity contribution in [2.24, 2.45) is 0 Å². The number of fused-ring (bicyclic) bond motifs is 2. The molecule has 0 atom stereocenters. The summed E-state index contributed by atoms with van der Waals surface area (Å²) in [6.07, 6.45) is 0.888. The summed E-state index contributed by atoms with van der Waals surface area (Å²) in [6.45, 7) is 1.39. The summed E-state index contributed by atoms with van der Waals surface area (Å²) >= 11 is 7.68. The number of aromatic nitrogens is 1. The summed E-state index contributed by atoms with van der Waals surface area (Å²) in [4.78, 5) is 19.0. The van der Waals surface area contributed by atoms with Crippen molar-refractivity contribution >= 4 is 39.7 Å². The van der Waals surface area contributed by atoms with Gasteiger partial charge in [0.25, 0.3) is 5.91 Å². The molecule has 0 saturated heterocycles. The molecule has 0 saturated carbocycles. The van der Waals surface area contributed by atoms with Crippen LogP contribution in [-0.2, 0) is 13.0 Å². The molecule has 5 heteroatoms. The van der Waals surface area contributed by atoms with Crippen LogP contribution in [0.15, 0.2) is 36.4 Å². The van der Waals surface area contributed by atoms with Crippen LogP contribution < -0.4 is 0 Å². The Bertz CT molecular complexity index is 803. The molecule has 0 unspecified atom stereocenters. The van der Waals surface area contributed by atoms with E-state index in [-0.39, 0.29) is 5.91 Å². The van der Waals surface area contributed by atoms with E-state index < -0.39 is 0 Å². The molecule has 0 radical (unpaired) electrons. The molecule has 1 aromatic carbocycles. The van der Waals surface area contributed by atoms with Crippen molar-refractivity contribution in [3.63, 3.8) is 0 Å². The number of hydrogen-bond donors (Lipinski definition) is 1. The zero-order valence-electron chi connectivity index (χ0n) is 11.2. The number of benzene rings is 1. The van der Waals surface area contributed by atoms with Crippen molar-refractivity contribution in [2.45, 2.75) is 13.0 Å². The maximum atomic E-state index is 12.7. The van der Waals surface area contributed by atoms with Gasteiger partial charge in [0.1, 0.15) is 5.69 Å². The average molecular weight is 317 g/mol. The van der Waals surface area contributed by atoms with Crippen molar-refractivity contribution in [3.8, 4) is 0 Å². The van der Waals surface area contributed by atoms with E-state index >= 15 is 0 Å². The van der Waals surface area contributed by atoms with Gasteiger partial charge in [0.15, 0.2) is 0 Å². The number of H-pyrrole nitrogens is 1. The summed E-state index contributed by atoms with van der Waals surface area (Å²) in [7, 11) is 0. The molecule has 1 aliphatic rings. The Balaban J connectivity index is 1.63. The van der Waals surface area contributed by atoms with Crippen LogP contribution in [0.4, 0.5) is 0 Å². The van der Waals surface area contributed by atoms with Gasteiger partial charge in [0.05, 0.1) is 4.34 Å². The third kappa shape index (κ3) is 2.24. The lowest BCUT2D eigenvalue weighted by atomic mass is 10.1. The van der Waals surface area contributed by atoms with Gasteiger partial charge in [0.2, 0.25) is 0 Å². The van der Waals surface area contributed by atoms with Crippen LogP contribution >= 0.6 is 22.9 Å². The second-order valence-electron chi connectivity index (χ2n) is 5.25. The molecule has 0 spiro atoms. The minimum atomic E-state index is 0.0548. The first-order valence-corrected chi connectivity index (χ1v) is 8.04. The van der Waals surface area contributed by atoms with Crippen LogP contribution in [0.25, 0.3) is 10.9 Å². The number of carbonyl (C=O) groups is 1. The SMILES string of the molecule is O=C(c1cc2ccccc2[nH]1)N1CCc2sc(Cl)cc2C1. The highest BCUT2D eigenvalue weighted by molar-refractivity contribution is 7.16. The first-order chi connectivity index (χ1) is 10.2. The number of nitrogens with one attached hydrogen (secondary N) is 1. The molecule has 3 nitrogen and oxygen atoms in total. The second-order valence-corrected chi connectivity index (χ2v) is 7.01. The fraction of sp³-hybridized carbons (Fsp3) is 0.188. The van der Waals surface area contributed by atoms with Crippen molar-refractivity contribution in [3.05, 3.63) is 56.9 Å². The summed E-state index contributed by atoms with van der Waals surface area (Å²) in [6, 6.07) is 11.8. The van der Waals surface area contributed by atoms with Crippen LogP contribution in [0.5, 0.6) is 0 Å². The molecule has 106 valence electrons. The standard InChI is InChI=1S/C16H13ClN2OS/c17-15-8-11-9-19(6-5-14(11)21-15)16(20)13-7-10-3-1-2-4-12(10)18-13/h1-4,7-8,18H,5-6,9H2. The molecule has 4 rings (SSSR count). The minimum absolute atomic E-state index is 0.0548. The molecule has 2 aromatic heterocycles. The molecule has 3 heterocycles. The third-order valence-corrected chi connectivity index (χ3v) is 5.25. The Morgan fingerprint density at radius 2 is 2.14 bits per heavy atom. The number of aromatic amines is 1. The van der Waals surface area contributed by atoms with Crippen molar-refractivity contribution in [1.82, 2.24) is 9.88 Å². The molecule has 0 fully saturated rings. The predicted molar refractivity (Wildman–Crippen MR) is 86.1 cm³/mol. The van der Waals surface area contributed by atoms with E-state index in [1.54, 1.807) is 11.3 Å². The fourth-order valence-corrected chi connectivity index (χ4v) is 4.12. The van der Waals surface area contributed by atoms with E-state index in [4.69, 9.17) is 11.6 Å². The zero-order chi connectivity index (χ0) is 14.4. The zero-order valence-corrected chi connectivity index (χ0v) is 12.8. The topological polar surface area (TPSA) is 36.1 Å². The van der Waals surface area contributed by atoms with Gasteiger partial charge in [-0.25, -0.2) is 0 Å². The molecule has 0 bridgehead atoms. The normalized spacial score (nSPS) is 14.4. The molecular formula is C16H13ClN2OS. The lowest BCUT2D eigenvalue weighted by molar-refractivity contribution is 0.0731. The van der Waals surface area contributed by atoms with Gasteiger partial charge in [-0.3, -0.25) is 4.79 Å². The highest BCUT2D eigenvalue weighted by atomic mass is 35.5. The van der Waals surface area contributed by atoms with Gasteiger partial charge in [-0.2, -0.15) is 0 Å². The molecule has 21 heavy (non-hydrogen) atoms. The maximum Gasteiger partial charge on any atom is 0.270 e. The van der Waals surface area contributed by atoms with Gasteiger partial charge in [0, 0.05) is 28.9 Å². The van der Waals surface area contributed by atoms with Crippen LogP contribution in [0.3, 0.4) is 0 Å². The van der Waals surface area contributed by atoms with Crippen molar-refractivity contribution < 1.29 is 4.79 Å². The molecule has 1 N–H and O–H groups in total. The van der Waals surface area contributed by atoms with E-state index in [2.05, 4.69) is 4.98 Å². The summed E-state index contributed by atoms with van der Waals surface area (Å²) < 4.78 is 0.805. The van der Waals surface area contributed by atoms with E-state index in [0.29, 0.717) is 12.2 Å². The number of carbonyl (C=O) groups excluding carboxylic acids is 1. The van der Waals surface area contributed by atoms with E-state index in [9.17, 15) is 4.79 Å². The summed E-state index contributed by atoms with van der Waals surface area (Å²) in [5, 5.41) is 1.07. The van der Waals surface area contributed by atoms with E-state index in [1.807, 2.05) is 41.3 Å². The summed E-state index contributed by atoms with van der Waals surface area (Å²) in [5.74, 6) is 0.0548. The van der Waals surface area contributed by atoms with Gasteiger partial charge in [-0.1, -0.05) is 29.8 Å². The Labute approximate surface area is 131 Å². The molecule has 0 aliphatic carbocycles. The fourth-order valence-electron chi connectivity index (χ4n) is 2.83. The minimum Gasteiger partial charge on any atom is -0.351 e. The average Bonchev–Trinajstić information content (AvgIpc) is 3.07. The number of halogens is 1. The highest BCUT2D eigenvalue weighted by Crippen LogP contribution is 2.31. The number of thiophene rings is 1. The number of amides is 1. The van der Waals surface area contributed by atoms with Gasteiger partial charge < -0.3 is 9.88 Å². The maximum absolute atomic E-state index is 12.7. The smallest absolute Gasteiger partial charge is 0.270 e. The third-order valence-electron chi connectivity index (χ3n) is 3.88. The highest BCUT2D eigenvalue weighted by Gasteiger charge is 2.24. The van der Waals surface area contributed by atoms with Gasteiger partial charge >= 0.3 is 0 Å².